The highest BCUT2D eigenvalue weighted by atomic mass is 32.2. The van der Waals surface area contributed by atoms with Crippen molar-refractivity contribution in [2.24, 2.45) is 0 Å². The normalized spacial score (nSPS) is 27.7. The summed E-state index contributed by atoms with van der Waals surface area (Å²) in [6.45, 7) is 7.95. The smallest absolute Gasteiger partial charge is 0.272 e. The predicted molar refractivity (Wildman–Crippen MR) is 142 cm³/mol. The Balaban J connectivity index is 1.17. The van der Waals surface area contributed by atoms with Gasteiger partial charge in [-0.15, -0.1) is 0 Å². The molecule has 0 aliphatic carbocycles. The zero-order chi connectivity index (χ0) is 25.4. The van der Waals surface area contributed by atoms with Crippen molar-refractivity contribution in [3.63, 3.8) is 0 Å². The molecule has 9 nitrogen and oxygen atoms in total. The van der Waals surface area contributed by atoms with Crippen molar-refractivity contribution < 1.29 is 13.2 Å². The fourth-order valence-electron chi connectivity index (χ4n) is 6.58. The lowest BCUT2D eigenvalue weighted by Gasteiger charge is -2.41. The maximum atomic E-state index is 13.3. The molecule has 1 aromatic heterocycles. The molecular formula is C26H40N6O3S. The fourth-order valence-corrected chi connectivity index (χ4v) is 7.37. The quantitative estimate of drug-likeness (QED) is 0.559. The van der Waals surface area contributed by atoms with E-state index in [0.29, 0.717) is 17.8 Å². The summed E-state index contributed by atoms with van der Waals surface area (Å²) < 4.78 is 28.0. The Morgan fingerprint density at radius 3 is 2.50 bits per heavy atom. The molecule has 10 heteroatoms. The van der Waals surface area contributed by atoms with Crippen molar-refractivity contribution in [3.8, 4) is 0 Å². The van der Waals surface area contributed by atoms with E-state index in [1.54, 1.807) is 0 Å². The van der Waals surface area contributed by atoms with Crippen LogP contribution < -0.4 is 10.0 Å². The SMILES string of the molecule is CC(C)n1nc(C(=O)NC2C[C@H]3CC[C@@H](C2)N3CCN2CCC[C@H](NS(C)(=O)=O)C2)c2ccccc21. The molecule has 1 amide bonds. The third-order valence-electron chi connectivity index (χ3n) is 8.10. The summed E-state index contributed by atoms with van der Waals surface area (Å²) in [5, 5.41) is 8.91. The van der Waals surface area contributed by atoms with Gasteiger partial charge < -0.3 is 10.2 Å². The molecule has 1 unspecified atom stereocenters. The highest BCUT2D eigenvalue weighted by Crippen LogP contribution is 2.36. The number of aromatic nitrogens is 2. The molecule has 198 valence electrons. The minimum absolute atomic E-state index is 0.0154. The molecule has 0 radical (unpaired) electrons. The molecule has 3 fully saturated rings. The summed E-state index contributed by atoms with van der Waals surface area (Å²) in [7, 11) is -3.17. The largest absolute Gasteiger partial charge is 0.348 e. The molecule has 3 aliphatic rings. The molecule has 2 bridgehead atoms. The minimum atomic E-state index is -3.17. The minimum Gasteiger partial charge on any atom is -0.348 e. The van der Waals surface area contributed by atoms with Gasteiger partial charge in [-0.2, -0.15) is 5.10 Å². The number of nitrogens with one attached hydrogen (secondary N) is 2. The van der Waals surface area contributed by atoms with Gasteiger partial charge in [-0.25, -0.2) is 13.1 Å². The number of rotatable bonds is 8. The molecule has 0 spiro atoms. The van der Waals surface area contributed by atoms with E-state index in [1.807, 2.05) is 28.9 Å². The second-order valence-corrected chi connectivity index (χ2v) is 13.0. The Hall–Kier alpha value is -2.01. The van der Waals surface area contributed by atoms with E-state index in [0.717, 1.165) is 62.8 Å². The van der Waals surface area contributed by atoms with E-state index >= 15 is 0 Å². The Kier molecular flexibility index (Phi) is 7.40. The number of benzene rings is 1. The van der Waals surface area contributed by atoms with Gasteiger partial charge in [-0.05, 0) is 65.0 Å². The van der Waals surface area contributed by atoms with Crippen LogP contribution in [0.1, 0.15) is 68.9 Å². The third kappa shape index (κ3) is 5.61. The fraction of sp³-hybridized carbons (Fsp3) is 0.692. The highest BCUT2D eigenvalue weighted by molar-refractivity contribution is 7.88. The first-order chi connectivity index (χ1) is 17.2. The van der Waals surface area contributed by atoms with E-state index in [9.17, 15) is 13.2 Å². The number of sulfonamides is 1. The number of para-hydroxylation sites is 1. The highest BCUT2D eigenvalue weighted by Gasteiger charge is 2.41. The maximum Gasteiger partial charge on any atom is 0.272 e. The number of nitrogens with zero attached hydrogens (tertiary/aromatic N) is 4. The van der Waals surface area contributed by atoms with Crippen LogP contribution >= 0.6 is 0 Å². The van der Waals surface area contributed by atoms with Gasteiger partial charge in [-0.1, -0.05) is 18.2 Å². The monoisotopic (exact) mass is 516 g/mol. The van der Waals surface area contributed by atoms with Crippen molar-refractivity contribution in [2.75, 3.05) is 32.4 Å². The number of hydrogen-bond acceptors (Lipinski definition) is 6. The Morgan fingerprint density at radius 2 is 1.81 bits per heavy atom. The van der Waals surface area contributed by atoms with Crippen molar-refractivity contribution >= 4 is 26.8 Å². The number of likely N-dealkylation sites (tertiary alicyclic amines) is 1. The lowest BCUT2D eigenvalue weighted by molar-refractivity contribution is 0.0785. The van der Waals surface area contributed by atoms with Crippen molar-refractivity contribution in [3.05, 3.63) is 30.0 Å². The van der Waals surface area contributed by atoms with E-state index < -0.39 is 10.0 Å². The summed E-state index contributed by atoms with van der Waals surface area (Å²) >= 11 is 0. The summed E-state index contributed by atoms with van der Waals surface area (Å²) in [5.74, 6) is -0.0683. The number of hydrogen-bond donors (Lipinski definition) is 2. The van der Waals surface area contributed by atoms with Crippen LogP contribution in [0.25, 0.3) is 10.9 Å². The van der Waals surface area contributed by atoms with Gasteiger partial charge in [0.15, 0.2) is 5.69 Å². The summed E-state index contributed by atoms with van der Waals surface area (Å²) in [5.41, 5.74) is 1.52. The molecule has 4 atom stereocenters. The molecule has 0 saturated carbocycles. The average Bonchev–Trinajstić information content (AvgIpc) is 3.32. The first kappa shape index (κ1) is 25.6. The van der Waals surface area contributed by atoms with Crippen LogP contribution in [0.4, 0.5) is 0 Å². The summed E-state index contributed by atoms with van der Waals surface area (Å²) in [4.78, 5) is 18.3. The van der Waals surface area contributed by atoms with Crippen LogP contribution in [0.15, 0.2) is 24.3 Å². The number of fused-ring (bicyclic) bond motifs is 3. The first-order valence-corrected chi connectivity index (χ1v) is 15.3. The Labute approximate surface area is 214 Å². The molecule has 2 N–H and O–H groups in total. The number of carbonyl (C=O) groups is 1. The van der Waals surface area contributed by atoms with Gasteiger partial charge in [-0.3, -0.25) is 14.4 Å². The van der Waals surface area contributed by atoms with Gasteiger partial charge in [0.05, 0.1) is 11.8 Å². The van der Waals surface area contributed by atoms with Crippen LogP contribution in [0.5, 0.6) is 0 Å². The van der Waals surface area contributed by atoms with Gasteiger partial charge in [0.25, 0.3) is 5.91 Å². The molecule has 2 aromatic rings. The number of piperidine rings is 2. The zero-order valence-corrected chi connectivity index (χ0v) is 22.5. The standard InChI is InChI=1S/C26H40N6O3S/c1-18(2)32-24-9-5-4-8-23(24)25(28-32)26(33)27-20-15-21-10-11-22(16-20)31(21)14-13-30-12-6-7-19(17-30)29-36(3,34)35/h4-5,8-9,18-22,29H,6-7,10-17H2,1-3H3,(H,27,33)/t19-,20?,21-,22+/m0/s1. The zero-order valence-electron chi connectivity index (χ0n) is 21.7. The molecule has 5 rings (SSSR count). The molecule has 3 aliphatic heterocycles. The van der Waals surface area contributed by atoms with E-state index in [4.69, 9.17) is 0 Å². The Bertz CT molecular complexity index is 1180. The molecule has 36 heavy (non-hydrogen) atoms. The van der Waals surface area contributed by atoms with Crippen molar-refractivity contribution in [1.82, 2.24) is 29.6 Å². The number of carbonyl (C=O) groups excluding carboxylic acids is 1. The molecular weight excluding hydrogens is 476 g/mol. The lowest BCUT2D eigenvalue weighted by atomic mass is 9.97. The second kappa shape index (κ2) is 10.4. The molecule has 3 saturated heterocycles. The van der Waals surface area contributed by atoms with Crippen LogP contribution in [-0.2, 0) is 10.0 Å². The van der Waals surface area contributed by atoms with E-state index in [-0.39, 0.29) is 24.0 Å². The summed E-state index contributed by atoms with van der Waals surface area (Å²) in [6, 6.07) is 9.33. The van der Waals surface area contributed by atoms with Crippen LogP contribution in [0.3, 0.4) is 0 Å². The average molecular weight is 517 g/mol. The van der Waals surface area contributed by atoms with Crippen molar-refractivity contribution in [1.29, 1.82) is 0 Å². The van der Waals surface area contributed by atoms with Gasteiger partial charge in [0.1, 0.15) is 0 Å². The van der Waals surface area contributed by atoms with Gasteiger partial charge in [0, 0.05) is 55.2 Å². The predicted octanol–water partition coefficient (Wildman–Crippen LogP) is 2.36. The first-order valence-electron chi connectivity index (χ1n) is 13.4. The topological polar surface area (TPSA) is 99.6 Å². The Morgan fingerprint density at radius 1 is 1.08 bits per heavy atom. The van der Waals surface area contributed by atoms with Crippen molar-refractivity contribution in [2.45, 2.75) is 82.6 Å². The lowest BCUT2D eigenvalue weighted by Crippen LogP contribution is -2.53. The second-order valence-electron chi connectivity index (χ2n) is 11.2. The number of amides is 1. The van der Waals surface area contributed by atoms with Crippen LogP contribution in [-0.4, -0.2) is 90.5 Å². The maximum absolute atomic E-state index is 13.3. The summed E-state index contributed by atoms with van der Waals surface area (Å²) in [6.07, 6.45) is 7.48. The van der Waals surface area contributed by atoms with Gasteiger partial charge >= 0.3 is 0 Å². The van der Waals surface area contributed by atoms with Crippen LogP contribution in [0.2, 0.25) is 0 Å². The molecule has 4 heterocycles. The van der Waals surface area contributed by atoms with E-state index in [1.165, 1.54) is 19.1 Å². The third-order valence-corrected chi connectivity index (χ3v) is 8.86. The van der Waals surface area contributed by atoms with Gasteiger partial charge in [0.2, 0.25) is 10.0 Å². The molecule has 1 aromatic carbocycles. The van der Waals surface area contributed by atoms with Crippen LogP contribution in [0, 0.1) is 0 Å². The van der Waals surface area contributed by atoms with E-state index in [2.05, 4.69) is 38.8 Å².